The number of para-hydroxylation sites is 2. The number of hydrogen-bond donors (Lipinski definition) is 0. The summed E-state index contributed by atoms with van der Waals surface area (Å²) in [5.74, 6) is 2.29. The van der Waals surface area contributed by atoms with Crippen LogP contribution in [-0.2, 0) is 5.41 Å². The van der Waals surface area contributed by atoms with E-state index in [2.05, 4.69) is 85.2 Å². The Bertz CT molecular complexity index is 986. The van der Waals surface area contributed by atoms with E-state index in [4.69, 9.17) is 9.97 Å². The second kappa shape index (κ2) is 5.81. The van der Waals surface area contributed by atoms with Crippen LogP contribution >= 0.6 is 0 Å². The van der Waals surface area contributed by atoms with Crippen molar-refractivity contribution in [3.8, 4) is 0 Å². The van der Waals surface area contributed by atoms with Crippen molar-refractivity contribution < 1.29 is 0 Å². The fourth-order valence-corrected chi connectivity index (χ4v) is 4.85. The molecule has 0 N–H and O–H groups in total. The van der Waals surface area contributed by atoms with E-state index in [1.807, 2.05) is 0 Å². The lowest BCUT2D eigenvalue weighted by molar-refractivity contribution is 0.249. The van der Waals surface area contributed by atoms with Gasteiger partial charge in [-0.2, -0.15) is 0 Å². The van der Waals surface area contributed by atoms with Crippen molar-refractivity contribution in [3.05, 3.63) is 72.6 Å². The summed E-state index contributed by atoms with van der Waals surface area (Å²) >= 11 is 0. The summed E-state index contributed by atoms with van der Waals surface area (Å²) in [6.07, 6.45) is 4.84. The monoisotopic (exact) mass is 356 g/mol. The van der Waals surface area contributed by atoms with Gasteiger partial charge in [-0.1, -0.05) is 57.2 Å². The summed E-state index contributed by atoms with van der Waals surface area (Å²) in [6.45, 7) is 7.08. The van der Waals surface area contributed by atoms with Gasteiger partial charge in [0.25, 0.3) is 0 Å². The third-order valence-corrected chi connectivity index (χ3v) is 6.65. The molecule has 0 saturated heterocycles. The van der Waals surface area contributed by atoms with Crippen LogP contribution in [0, 0.1) is 5.92 Å². The van der Waals surface area contributed by atoms with Crippen LogP contribution in [0.1, 0.15) is 32.8 Å². The molecule has 3 aromatic rings. The third kappa shape index (κ3) is 2.10. The molecule has 3 atom stereocenters. The maximum Gasteiger partial charge on any atom is 0.178 e. The SMILES string of the molecule is CCC1(C)c2ccccc2N2c3nccnc3N(c3ccccc3)C2C1C. The molecule has 2 aliphatic rings. The molecular formula is C23H24N4. The van der Waals surface area contributed by atoms with Crippen molar-refractivity contribution >= 4 is 23.0 Å². The first kappa shape index (κ1) is 16.3. The molecule has 1 aromatic heterocycles. The number of benzene rings is 2. The van der Waals surface area contributed by atoms with Crippen molar-refractivity contribution in [2.75, 3.05) is 9.80 Å². The number of rotatable bonds is 2. The first-order valence-electron chi connectivity index (χ1n) is 9.71. The Morgan fingerprint density at radius 2 is 1.52 bits per heavy atom. The third-order valence-electron chi connectivity index (χ3n) is 6.65. The molecule has 0 amide bonds. The molecule has 0 fully saturated rings. The molecule has 0 aliphatic carbocycles. The minimum atomic E-state index is 0.0901. The van der Waals surface area contributed by atoms with E-state index in [1.54, 1.807) is 12.4 Å². The van der Waals surface area contributed by atoms with E-state index < -0.39 is 0 Å². The first-order valence-corrected chi connectivity index (χ1v) is 9.71. The highest BCUT2D eigenvalue weighted by atomic mass is 15.5. The van der Waals surface area contributed by atoms with Crippen LogP contribution in [0.3, 0.4) is 0 Å². The minimum Gasteiger partial charge on any atom is -0.302 e. The zero-order valence-corrected chi connectivity index (χ0v) is 16.0. The highest BCUT2D eigenvalue weighted by molar-refractivity contribution is 5.86. The van der Waals surface area contributed by atoms with E-state index in [-0.39, 0.29) is 11.6 Å². The molecule has 136 valence electrons. The number of nitrogens with zero attached hydrogens (tertiary/aromatic N) is 4. The predicted molar refractivity (Wildman–Crippen MR) is 110 cm³/mol. The van der Waals surface area contributed by atoms with Crippen molar-refractivity contribution in [2.24, 2.45) is 5.92 Å². The van der Waals surface area contributed by atoms with Gasteiger partial charge in [-0.3, -0.25) is 0 Å². The van der Waals surface area contributed by atoms with Crippen LogP contribution in [-0.4, -0.2) is 16.1 Å². The number of anilines is 4. The van der Waals surface area contributed by atoms with Gasteiger partial charge in [0.2, 0.25) is 0 Å². The van der Waals surface area contributed by atoms with Crippen LogP contribution < -0.4 is 9.80 Å². The van der Waals surface area contributed by atoms with Crippen LogP contribution in [0.15, 0.2) is 67.0 Å². The molecule has 27 heavy (non-hydrogen) atoms. The van der Waals surface area contributed by atoms with Gasteiger partial charge in [0.05, 0.1) is 0 Å². The molecule has 4 heteroatoms. The summed E-state index contributed by atoms with van der Waals surface area (Å²) in [5.41, 5.74) is 3.91. The summed E-state index contributed by atoms with van der Waals surface area (Å²) < 4.78 is 0. The van der Waals surface area contributed by atoms with E-state index >= 15 is 0 Å². The standard InChI is InChI=1S/C23H24N4/c1-4-23(3)16(2)22-26(17-10-6-5-7-11-17)20-21(25-15-14-24-20)27(22)19-13-9-8-12-18(19)23/h5-16,22H,4H2,1-3H3. The normalized spacial score (nSPS) is 25.7. The molecule has 0 spiro atoms. The van der Waals surface area contributed by atoms with E-state index in [0.29, 0.717) is 5.92 Å². The highest BCUT2D eigenvalue weighted by Crippen LogP contribution is 2.57. The molecular weight excluding hydrogens is 332 g/mol. The molecule has 0 bridgehead atoms. The van der Waals surface area contributed by atoms with Crippen molar-refractivity contribution in [1.82, 2.24) is 9.97 Å². The molecule has 0 saturated carbocycles. The maximum atomic E-state index is 4.75. The number of aromatic nitrogens is 2. The van der Waals surface area contributed by atoms with Gasteiger partial charge >= 0.3 is 0 Å². The molecule has 3 unspecified atom stereocenters. The van der Waals surface area contributed by atoms with Crippen molar-refractivity contribution in [1.29, 1.82) is 0 Å². The van der Waals surface area contributed by atoms with Crippen molar-refractivity contribution in [3.63, 3.8) is 0 Å². The second-order valence-corrected chi connectivity index (χ2v) is 7.77. The topological polar surface area (TPSA) is 32.3 Å². The van der Waals surface area contributed by atoms with Crippen LogP contribution in [0.5, 0.6) is 0 Å². The van der Waals surface area contributed by atoms with Gasteiger partial charge in [-0.15, -0.1) is 0 Å². The Morgan fingerprint density at radius 1 is 0.889 bits per heavy atom. The van der Waals surface area contributed by atoms with Gasteiger partial charge in [0.1, 0.15) is 6.17 Å². The fourth-order valence-electron chi connectivity index (χ4n) is 4.85. The van der Waals surface area contributed by atoms with Gasteiger partial charge in [0.15, 0.2) is 11.6 Å². The molecule has 2 aromatic carbocycles. The molecule has 5 rings (SSSR count). The smallest absolute Gasteiger partial charge is 0.178 e. The Morgan fingerprint density at radius 3 is 2.22 bits per heavy atom. The fraction of sp³-hybridized carbons (Fsp3) is 0.304. The van der Waals surface area contributed by atoms with Gasteiger partial charge in [-0.05, 0) is 30.2 Å². The van der Waals surface area contributed by atoms with Crippen LogP contribution in [0.2, 0.25) is 0 Å². The lowest BCUT2D eigenvalue weighted by Gasteiger charge is -2.50. The highest BCUT2D eigenvalue weighted by Gasteiger charge is 2.53. The maximum absolute atomic E-state index is 4.75. The predicted octanol–water partition coefficient (Wildman–Crippen LogP) is 5.41. The molecule has 0 radical (unpaired) electrons. The Balaban J connectivity index is 1.80. The summed E-state index contributed by atoms with van der Waals surface area (Å²) in [5, 5.41) is 0. The van der Waals surface area contributed by atoms with E-state index in [1.165, 1.54) is 11.3 Å². The zero-order valence-electron chi connectivity index (χ0n) is 16.0. The zero-order chi connectivity index (χ0) is 18.6. The van der Waals surface area contributed by atoms with Crippen LogP contribution in [0.25, 0.3) is 0 Å². The van der Waals surface area contributed by atoms with Gasteiger partial charge in [0, 0.05) is 35.1 Å². The number of fused-ring (bicyclic) bond motifs is 5. The lowest BCUT2D eigenvalue weighted by atomic mass is 9.66. The minimum absolute atomic E-state index is 0.0901. The Labute approximate surface area is 160 Å². The van der Waals surface area contributed by atoms with Crippen molar-refractivity contribution in [2.45, 2.75) is 38.8 Å². The average molecular weight is 356 g/mol. The average Bonchev–Trinajstić information content (AvgIpc) is 3.08. The second-order valence-electron chi connectivity index (χ2n) is 7.77. The summed E-state index contributed by atoms with van der Waals surface area (Å²) in [7, 11) is 0. The molecule has 3 heterocycles. The van der Waals surface area contributed by atoms with E-state index in [0.717, 1.165) is 23.7 Å². The Kier molecular flexibility index (Phi) is 3.51. The number of hydrogen-bond acceptors (Lipinski definition) is 4. The first-order chi connectivity index (χ1) is 13.2. The molecule has 2 aliphatic heterocycles. The van der Waals surface area contributed by atoms with E-state index in [9.17, 15) is 0 Å². The lowest BCUT2D eigenvalue weighted by Crippen LogP contribution is -2.54. The van der Waals surface area contributed by atoms with Gasteiger partial charge < -0.3 is 9.80 Å². The largest absolute Gasteiger partial charge is 0.302 e. The summed E-state index contributed by atoms with van der Waals surface area (Å²) in [4.78, 5) is 14.3. The Hall–Kier alpha value is -2.88. The molecule has 4 nitrogen and oxygen atoms in total. The quantitative estimate of drug-likeness (QED) is 0.614. The van der Waals surface area contributed by atoms with Crippen LogP contribution in [0.4, 0.5) is 23.0 Å². The van der Waals surface area contributed by atoms with Gasteiger partial charge in [-0.25, -0.2) is 9.97 Å². The summed E-state index contributed by atoms with van der Waals surface area (Å²) in [6, 6.07) is 19.4.